The molecule has 0 radical (unpaired) electrons. The molecule has 1 aromatic heterocycles. The SMILES string of the molecule is CCS(=O)(=O)N1CCN(C(=O)c2c(C)[nH]c3ccccc23)CC1. The van der Waals surface area contributed by atoms with Gasteiger partial charge in [0, 0.05) is 42.8 Å². The third-order valence-electron chi connectivity index (χ3n) is 4.39. The Morgan fingerprint density at radius 3 is 2.48 bits per heavy atom. The average Bonchev–Trinajstić information content (AvgIpc) is 2.90. The largest absolute Gasteiger partial charge is 0.358 e. The molecule has 3 rings (SSSR count). The number of piperazine rings is 1. The molecule has 0 saturated carbocycles. The van der Waals surface area contributed by atoms with Crippen molar-refractivity contribution < 1.29 is 13.2 Å². The summed E-state index contributed by atoms with van der Waals surface area (Å²) in [7, 11) is -3.18. The van der Waals surface area contributed by atoms with Crippen molar-refractivity contribution in [3.8, 4) is 0 Å². The Hall–Kier alpha value is -1.86. The molecule has 124 valence electrons. The Morgan fingerprint density at radius 2 is 1.83 bits per heavy atom. The fraction of sp³-hybridized carbons (Fsp3) is 0.438. The van der Waals surface area contributed by atoms with Gasteiger partial charge in [-0.15, -0.1) is 0 Å². The van der Waals surface area contributed by atoms with Crippen molar-refractivity contribution in [1.29, 1.82) is 0 Å². The van der Waals surface area contributed by atoms with Gasteiger partial charge in [-0.05, 0) is 19.9 Å². The lowest BCUT2D eigenvalue weighted by molar-refractivity contribution is 0.0699. The van der Waals surface area contributed by atoms with Gasteiger partial charge in [0.05, 0.1) is 11.3 Å². The number of fused-ring (bicyclic) bond motifs is 1. The van der Waals surface area contributed by atoms with E-state index in [0.29, 0.717) is 31.7 Å². The molecule has 1 N–H and O–H groups in total. The highest BCUT2D eigenvalue weighted by atomic mass is 32.2. The third kappa shape index (κ3) is 2.86. The number of para-hydroxylation sites is 1. The number of amides is 1. The molecule has 1 amide bonds. The van der Waals surface area contributed by atoms with E-state index in [2.05, 4.69) is 4.98 Å². The first-order valence-corrected chi connectivity index (χ1v) is 9.39. The number of H-pyrrole nitrogens is 1. The fourth-order valence-corrected chi connectivity index (χ4v) is 4.15. The van der Waals surface area contributed by atoms with Crippen molar-refractivity contribution >= 4 is 26.8 Å². The highest BCUT2D eigenvalue weighted by Gasteiger charge is 2.29. The van der Waals surface area contributed by atoms with Gasteiger partial charge in [-0.2, -0.15) is 4.31 Å². The first-order valence-electron chi connectivity index (χ1n) is 7.78. The van der Waals surface area contributed by atoms with Crippen molar-refractivity contribution in [3.05, 3.63) is 35.5 Å². The van der Waals surface area contributed by atoms with Crippen LogP contribution in [0.1, 0.15) is 23.0 Å². The first kappa shape index (κ1) is 16.0. The van der Waals surface area contributed by atoms with E-state index < -0.39 is 10.0 Å². The summed E-state index contributed by atoms with van der Waals surface area (Å²) < 4.78 is 25.3. The number of aromatic nitrogens is 1. The lowest BCUT2D eigenvalue weighted by Gasteiger charge is -2.33. The minimum Gasteiger partial charge on any atom is -0.358 e. The zero-order valence-electron chi connectivity index (χ0n) is 13.4. The average molecular weight is 335 g/mol. The molecule has 0 spiro atoms. The number of hydrogen-bond donors (Lipinski definition) is 1. The lowest BCUT2D eigenvalue weighted by atomic mass is 10.1. The van der Waals surface area contributed by atoms with Gasteiger partial charge in [-0.3, -0.25) is 4.79 Å². The van der Waals surface area contributed by atoms with Gasteiger partial charge in [0.15, 0.2) is 0 Å². The van der Waals surface area contributed by atoms with Crippen LogP contribution in [0.15, 0.2) is 24.3 Å². The summed E-state index contributed by atoms with van der Waals surface area (Å²) >= 11 is 0. The normalized spacial score (nSPS) is 16.9. The second kappa shape index (κ2) is 5.98. The second-order valence-electron chi connectivity index (χ2n) is 5.76. The number of hydrogen-bond acceptors (Lipinski definition) is 3. The Morgan fingerprint density at radius 1 is 1.17 bits per heavy atom. The summed E-state index contributed by atoms with van der Waals surface area (Å²) in [4.78, 5) is 17.8. The van der Waals surface area contributed by atoms with Crippen LogP contribution in [0.5, 0.6) is 0 Å². The number of nitrogens with zero attached hydrogens (tertiary/aromatic N) is 2. The van der Waals surface area contributed by atoms with Crippen LogP contribution in [0.25, 0.3) is 10.9 Å². The summed E-state index contributed by atoms with van der Waals surface area (Å²) in [6, 6.07) is 7.73. The van der Waals surface area contributed by atoms with Gasteiger partial charge in [-0.1, -0.05) is 18.2 Å². The molecule has 2 aromatic rings. The van der Waals surface area contributed by atoms with Crippen LogP contribution in [0.4, 0.5) is 0 Å². The number of carbonyl (C=O) groups excluding carboxylic acids is 1. The number of benzene rings is 1. The molecule has 1 aliphatic heterocycles. The van der Waals surface area contributed by atoms with Crippen molar-refractivity contribution in [2.45, 2.75) is 13.8 Å². The van der Waals surface area contributed by atoms with E-state index in [4.69, 9.17) is 0 Å². The molecule has 23 heavy (non-hydrogen) atoms. The van der Waals surface area contributed by atoms with E-state index in [1.165, 1.54) is 4.31 Å². The Kier molecular flexibility index (Phi) is 4.16. The number of aryl methyl sites for hydroxylation is 1. The summed E-state index contributed by atoms with van der Waals surface area (Å²) in [6.07, 6.45) is 0. The smallest absolute Gasteiger partial charge is 0.256 e. The topological polar surface area (TPSA) is 73.5 Å². The van der Waals surface area contributed by atoms with E-state index in [1.54, 1.807) is 11.8 Å². The summed E-state index contributed by atoms with van der Waals surface area (Å²) in [5.41, 5.74) is 2.48. The predicted octanol–water partition coefficient (Wildman–Crippen LogP) is 1.58. The lowest BCUT2D eigenvalue weighted by Crippen LogP contribution is -2.50. The minimum absolute atomic E-state index is 0.0338. The van der Waals surface area contributed by atoms with Gasteiger partial charge in [-0.25, -0.2) is 8.42 Å². The summed E-state index contributed by atoms with van der Waals surface area (Å²) in [6.45, 7) is 5.12. The van der Waals surface area contributed by atoms with Gasteiger partial charge >= 0.3 is 0 Å². The molecular weight excluding hydrogens is 314 g/mol. The second-order valence-corrected chi connectivity index (χ2v) is 8.02. The number of rotatable bonds is 3. The molecule has 0 atom stereocenters. The maximum Gasteiger partial charge on any atom is 0.256 e. The quantitative estimate of drug-likeness (QED) is 0.925. The molecule has 0 bridgehead atoms. The highest BCUT2D eigenvalue weighted by molar-refractivity contribution is 7.89. The van der Waals surface area contributed by atoms with E-state index in [9.17, 15) is 13.2 Å². The predicted molar refractivity (Wildman–Crippen MR) is 90.0 cm³/mol. The first-order chi connectivity index (χ1) is 10.9. The van der Waals surface area contributed by atoms with Crippen molar-refractivity contribution in [3.63, 3.8) is 0 Å². The van der Waals surface area contributed by atoms with Crippen molar-refractivity contribution in [2.24, 2.45) is 0 Å². The Balaban J connectivity index is 1.81. The number of sulfonamides is 1. The van der Waals surface area contributed by atoms with E-state index >= 15 is 0 Å². The minimum atomic E-state index is -3.18. The van der Waals surface area contributed by atoms with Crippen LogP contribution in [0.3, 0.4) is 0 Å². The molecule has 0 aliphatic carbocycles. The number of nitrogens with one attached hydrogen (secondary N) is 1. The zero-order valence-corrected chi connectivity index (χ0v) is 14.2. The summed E-state index contributed by atoms with van der Waals surface area (Å²) in [5.74, 6) is 0.0659. The van der Waals surface area contributed by atoms with Crippen LogP contribution in [-0.2, 0) is 10.0 Å². The third-order valence-corrected chi connectivity index (χ3v) is 6.27. The van der Waals surface area contributed by atoms with Crippen molar-refractivity contribution in [2.75, 3.05) is 31.9 Å². The van der Waals surface area contributed by atoms with Crippen LogP contribution in [-0.4, -0.2) is 60.4 Å². The Bertz CT molecular complexity index is 833. The number of carbonyl (C=O) groups is 1. The molecule has 1 fully saturated rings. The molecule has 1 aliphatic rings. The van der Waals surface area contributed by atoms with E-state index in [1.807, 2.05) is 31.2 Å². The maximum absolute atomic E-state index is 12.9. The van der Waals surface area contributed by atoms with Gasteiger partial charge in [0.25, 0.3) is 5.91 Å². The van der Waals surface area contributed by atoms with Crippen LogP contribution < -0.4 is 0 Å². The van der Waals surface area contributed by atoms with Crippen LogP contribution >= 0.6 is 0 Å². The highest BCUT2D eigenvalue weighted by Crippen LogP contribution is 2.24. The molecule has 7 heteroatoms. The van der Waals surface area contributed by atoms with Gasteiger partial charge in [0.1, 0.15) is 0 Å². The number of aromatic amines is 1. The maximum atomic E-state index is 12.9. The molecule has 1 saturated heterocycles. The standard InChI is InChI=1S/C16H21N3O3S/c1-3-23(21,22)19-10-8-18(9-11-19)16(20)15-12(2)17-14-7-5-4-6-13(14)15/h4-7,17H,3,8-11H2,1-2H3. The van der Waals surface area contributed by atoms with Crippen molar-refractivity contribution in [1.82, 2.24) is 14.2 Å². The van der Waals surface area contributed by atoms with E-state index in [-0.39, 0.29) is 11.7 Å². The van der Waals surface area contributed by atoms with Crippen LogP contribution in [0, 0.1) is 6.92 Å². The van der Waals surface area contributed by atoms with E-state index in [0.717, 1.165) is 16.6 Å². The molecule has 1 aromatic carbocycles. The Labute approximate surface area is 136 Å². The van der Waals surface area contributed by atoms with Gasteiger partial charge in [0.2, 0.25) is 10.0 Å². The van der Waals surface area contributed by atoms with Gasteiger partial charge < -0.3 is 9.88 Å². The van der Waals surface area contributed by atoms with Crippen LogP contribution in [0.2, 0.25) is 0 Å². The monoisotopic (exact) mass is 335 g/mol. The molecule has 6 nitrogen and oxygen atoms in total. The molecular formula is C16H21N3O3S. The zero-order chi connectivity index (χ0) is 16.6. The molecule has 2 heterocycles. The fourth-order valence-electron chi connectivity index (χ4n) is 3.06. The summed E-state index contributed by atoms with van der Waals surface area (Å²) in [5, 5.41) is 0.915. The molecule has 0 unspecified atom stereocenters.